The van der Waals surface area contributed by atoms with Gasteiger partial charge in [0.05, 0.1) is 30.8 Å². The molecule has 10 N–H and O–H groups in total. The molecule has 7 rings (SSSR count). The third kappa shape index (κ3) is 12.1. The molecule has 12 nitrogen and oxygen atoms in total. The molecule has 0 saturated heterocycles. The Morgan fingerprint density at radius 1 is 1.02 bits per heavy atom. The highest BCUT2D eigenvalue weighted by molar-refractivity contribution is 6.04. The van der Waals surface area contributed by atoms with Crippen LogP contribution < -0.4 is 21.1 Å². The summed E-state index contributed by atoms with van der Waals surface area (Å²) in [5, 5.41) is 69.8. The molecule has 0 radical (unpaired) electrons. The van der Waals surface area contributed by atoms with Gasteiger partial charge in [0.25, 0.3) is 0 Å². The van der Waals surface area contributed by atoms with Crippen molar-refractivity contribution in [2.24, 2.45) is 34.4 Å². The average molecular weight is 883 g/mol. The number of aryl methyl sites for hydroxylation is 1. The quantitative estimate of drug-likeness (QED) is 0.0433. The van der Waals surface area contributed by atoms with E-state index in [9.17, 15) is 30.6 Å². The fraction of sp³-hybridized carbons (Fsp3) is 0.596. The van der Waals surface area contributed by atoms with Crippen LogP contribution in [0.5, 0.6) is 11.5 Å². The SMILES string of the molecule is CNC[C@H](NC[C@H](C)O)[C@@H]1C2=C[C+]([C@@H](O)COc3cc(CCC4=C[C-](CO)C(CCCCCC[C@H](N)C[C@@H]5C=Cc6cc(CO)ccc6[C@H]5O)O4)ccc3O)N=C2CC[C@H]2CCC[C@@H]21. The van der Waals surface area contributed by atoms with Gasteiger partial charge >= 0.3 is 0 Å². The lowest BCUT2D eigenvalue weighted by Crippen LogP contribution is -2.49. The first-order valence-electron chi connectivity index (χ1n) is 24.1. The Labute approximate surface area is 380 Å². The number of aromatic hydroxyl groups is 1. The molecule has 2 aromatic rings. The maximum absolute atomic E-state index is 11.4. The standard InChI is InChI=1S/C52H74N4O8/c1-32(59)27-55-46(28-54-2)51-41-10-7-8-35(41)17-20-44-43(51)26-45(56-44)48(61)31-63-50-23-33(14-21-47(50)60)12-18-40-25-38(30-58)49(64-40)11-6-4-3-5-9-39(53)24-37-16-15-36-22-34(29-57)13-19-42(36)52(37)62/h13-16,19,21-23,25-26,32,35,37,39,41,46,48-49,51-52,54-55,57-62H,3-12,17-18,20,24,27-31,53H2,1-2H3/t32-,35+,37-,39-,41-,46-,48-,49?,51-,52-/m0/s1. The molecule has 2 saturated carbocycles. The molecular weight excluding hydrogens is 809 g/mol. The summed E-state index contributed by atoms with van der Waals surface area (Å²) in [6, 6.07) is 11.7. The van der Waals surface area contributed by atoms with Crippen LogP contribution in [0.25, 0.3) is 6.08 Å². The number of phenolic OH excluding ortho intramolecular Hbond substituents is 1. The summed E-state index contributed by atoms with van der Waals surface area (Å²) in [5.41, 5.74) is 12.4. The van der Waals surface area contributed by atoms with Crippen LogP contribution in [0.3, 0.4) is 0 Å². The van der Waals surface area contributed by atoms with Crippen molar-refractivity contribution in [2.75, 3.05) is 33.4 Å². The molecule has 10 atom stereocenters. The van der Waals surface area contributed by atoms with Gasteiger partial charge in [-0.3, -0.25) is 0 Å². The second kappa shape index (κ2) is 23.1. The van der Waals surface area contributed by atoms with Crippen molar-refractivity contribution >= 4 is 11.8 Å². The summed E-state index contributed by atoms with van der Waals surface area (Å²) < 4.78 is 12.4. The summed E-state index contributed by atoms with van der Waals surface area (Å²) in [6.07, 6.45) is 19.5. The zero-order chi connectivity index (χ0) is 45.2. The number of unbranched alkanes of at least 4 members (excludes halogenated alkanes) is 3. The average Bonchev–Trinajstić information content (AvgIpc) is 4.03. The van der Waals surface area contributed by atoms with Crippen molar-refractivity contribution in [3.8, 4) is 11.5 Å². The summed E-state index contributed by atoms with van der Waals surface area (Å²) in [7, 11) is 1.97. The van der Waals surface area contributed by atoms with E-state index in [4.69, 9.17) is 20.2 Å². The van der Waals surface area contributed by atoms with Gasteiger partial charge < -0.3 is 56.5 Å². The van der Waals surface area contributed by atoms with Gasteiger partial charge in [-0.15, -0.1) is 4.99 Å². The number of hydrogen-bond donors (Lipinski definition) is 9. The highest BCUT2D eigenvalue weighted by Gasteiger charge is 2.50. The molecule has 2 heterocycles. The number of nitrogens with zero attached hydrogens (tertiary/aromatic N) is 1. The molecule has 1 unspecified atom stereocenters. The maximum atomic E-state index is 11.4. The van der Waals surface area contributed by atoms with Gasteiger partial charge in [0, 0.05) is 50.2 Å². The number of allylic oxidation sites excluding steroid dienone is 1. The van der Waals surface area contributed by atoms with E-state index in [-0.39, 0.29) is 55.6 Å². The zero-order valence-corrected chi connectivity index (χ0v) is 38.0. The predicted octanol–water partition coefficient (Wildman–Crippen LogP) is 6.14. The Morgan fingerprint density at radius 2 is 1.84 bits per heavy atom. The number of hydrogen-bond acceptors (Lipinski definition) is 12. The Hall–Kier alpha value is -3.85. The Balaban J connectivity index is 0.836. The normalized spacial score (nSPS) is 25.7. The highest BCUT2D eigenvalue weighted by atomic mass is 16.5. The van der Waals surface area contributed by atoms with Crippen molar-refractivity contribution in [1.29, 1.82) is 0 Å². The Kier molecular flexibility index (Phi) is 17.3. The van der Waals surface area contributed by atoms with Crippen molar-refractivity contribution in [2.45, 2.75) is 140 Å². The van der Waals surface area contributed by atoms with Crippen LogP contribution in [-0.2, 0) is 17.8 Å². The number of phenols is 1. The molecule has 0 spiro atoms. The number of likely N-dealkylation sites (N-methyl/N-ethyl adjacent to an activating group) is 1. The van der Waals surface area contributed by atoms with E-state index in [2.05, 4.69) is 16.7 Å². The molecule has 350 valence electrons. The van der Waals surface area contributed by atoms with Crippen LogP contribution in [0.4, 0.5) is 0 Å². The highest BCUT2D eigenvalue weighted by Crippen LogP contribution is 2.49. The number of rotatable bonds is 24. The zero-order valence-electron chi connectivity index (χ0n) is 38.0. The van der Waals surface area contributed by atoms with Crippen LogP contribution in [0.15, 0.2) is 71.0 Å². The van der Waals surface area contributed by atoms with Crippen LogP contribution in [0.2, 0.25) is 0 Å². The van der Waals surface area contributed by atoms with E-state index in [0.29, 0.717) is 43.0 Å². The molecule has 2 aromatic carbocycles. The van der Waals surface area contributed by atoms with E-state index in [0.717, 1.165) is 104 Å². The van der Waals surface area contributed by atoms with Crippen molar-refractivity contribution in [1.82, 2.24) is 10.6 Å². The van der Waals surface area contributed by atoms with E-state index in [1.54, 1.807) is 13.0 Å². The Bertz CT molecular complexity index is 1950. The summed E-state index contributed by atoms with van der Waals surface area (Å²) in [4.78, 5) is 4.99. The first kappa shape index (κ1) is 48.1. The second-order valence-corrected chi connectivity index (χ2v) is 19.1. The molecule has 2 fully saturated rings. The van der Waals surface area contributed by atoms with Gasteiger partial charge in [-0.1, -0.05) is 81.1 Å². The fourth-order valence-corrected chi connectivity index (χ4v) is 10.9. The number of aliphatic hydroxyl groups is 5. The number of nitrogens with one attached hydrogen (secondary N) is 2. The minimum absolute atomic E-state index is 0.00368. The molecule has 0 aromatic heterocycles. The third-order valence-electron chi connectivity index (χ3n) is 14.3. The van der Waals surface area contributed by atoms with Gasteiger partial charge in [0.2, 0.25) is 0 Å². The Morgan fingerprint density at radius 3 is 2.64 bits per heavy atom. The molecule has 0 amide bonds. The van der Waals surface area contributed by atoms with Gasteiger partial charge in [-0.25, -0.2) is 0 Å². The largest absolute Gasteiger partial charge is 0.592 e. The predicted molar refractivity (Wildman–Crippen MR) is 251 cm³/mol. The van der Waals surface area contributed by atoms with Crippen LogP contribution in [0, 0.1) is 35.6 Å². The molecule has 2 aliphatic heterocycles. The molecule has 64 heavy (non-hydrogen) atoms. The third-order valence-corrected chi connectivity index (χ3v) is 14.3. The number of fused-ring (bicyclic) bond motifs is 3. The number of nitrogens with two attached hydrogens (primary N) is 1. The van der Waals surface area contributed by atoms with Gasteiger partial charge in [-0.2, -0.15) is 12.0 Å². The lowest BCUT2D eigenvalue weighted by molar-refractivity contribution is 0.120. The van der Waals surface area contributed by atoms with E-state index in [1.165, 1.54) is 24.8 Å². The van der Waals surface area contributed by atoms with Crippen LogP contribution in [-0.4, -0.2) is 100 Å². The first-order valence-corrected chi connectivity index (χ1v) is 24.1. The van der Waals surface area contributed by atoms with Gasteiger partial charge in [-0.05, 0) is 105 Å². The molecule has 5 aliphatic rings. The number of ether oxygens (including phenoxy) is 2. The molecule has 12 heteroatoms. The summed E-state index contributed by atoms with van der Waals surface area (Å²) >= 11 is 0. The fourth-order valence-electron chi connectivity index (χ4n) is 10.9. The lowest BCUT2D eigenvalue weighted by atomic mass is 9.75. The molecule has 3 aliphatic carbocycles. The van der Waals surface area contributed by atoms with Gasteiger partial charge in [0.1, 0.15) is 12.2 Å². The van der Waals surface area contributed by atoms with Crippen molar-refractivity contribution < 1.29 is 40.1 Å². The van der Waals surface area contributed by atoms with Crippen molar-refractivity contribution in [3.05, 3.63) is 100 Å². The smallest absolute Gasteiger partial charge is 0.189 e. The van der Waals surface area contributed by atoms with E-state index < -0.39 is 18.3 Å². The number of aliphatic hydroxyl groups excluding tert-OH is 5. The summed E-state index contributed by atoms with van der Waals surface area (Å²) in [6.45, 7) is 2.98. The van der Waals surface area contributed by atoms with Crippen LogP contribution >= 0.6 is 0 Å². The maximum Gasteiger partial charge on any atom is 0.189 e. The lowest BCUT2D eigenvalue weighted by Gasteiger charge is -2.32. The minimum atomic E-state index is -0.969. The topological polar surface area (TPSA) is 202 Å². The first-order chi connectivity index (χ1) is 31.0. The molecular formula is C52H74N4O8. The van der Waals surface area contributed by atoms with E-state index in [1.807, 2.05) is 55.6 Å². The van der Waals surface area contributed by atoms with Crippen molar-refractivity contribution in [3.63, 3.8) is 0 Å². The van der Waals surface area contributed by atoms with Crippen LogP contribution in [0.1, 0.15) is 119 Å². The molecule has 0 bridgehead atoms. The van der Waals surface area contributed by atoms with E-state index >= 15 is 0 Å². The second-order valence-electron chi connectivity index (χ2n) is 19.1. The van der Waals surface area contributed by atoms with Gasteiger partial charge in [0.15, 0.2) is 29.4 Å². The monoisotopic (exact) mass is 883 g/mol. The minimum Gasteiger partial charge on any atom is -0.592 e. The summed E-state index contributed by atoms with van der Waals surface area (Å²) in [5.74, 6) is 3.44. The number of benzene rings is 2. The number of aliphatic imine (C=N–C) groups is 1.